The third-order valence-electron chi connectivity index (χ3n) is 2.15. The number of nitrogen functional groups attached to an aromatic ring is 1. The molecule has 88 valence electrons. The predicted molar refractivity (Wildman–Crippen MR) is 69.9 cm³/mol. The van der Waals surface area contributed by atoms with Crippen LogP contribution in [-0.2, 0) is 0 Å². The summed E-state index contributed by atoms with van der Waals surface area (Å²) in [4.78, 5) is 0. The minimum atomic E-state index is 0.683. The van der Waals surface area contributed by atoms with Gasteiger partial charge >= 0.3 is 0 Å². The quantitative estimate of drug-likeness (QED) is 0.422. The number of ether oxygens (including phenoxy) is 1. The summed E-state index contributed by atoms with van der Waals surface area (Å²) in [5.41, 5.74) is 7.53. The zero-order valence-corrected chi connectivity index (χ0v) is 9.83. The Hall–Kier alpha value is -1.64. The second kappa shape index (κ2) is 6.77. The van der Waals surface area contributed by atoms with Gasteiger partial charge in [0, 0.05) is 18.3 Å². The fourth-order valence-electron chi connectivity index (χ4n) is 1.30. The standard InChI is InChI=1S/C13H20N2O/c1-3-5-8-15-11-6-7-12(14)13(10-11)16-9-4-2/h3,6-7,10,15H,1,4-5,8-9,14H2,2H3. The van der Waals surface area contributed by atoms with Crippen LogP contribution in [0, 0.1) is 0 Å². The van der Waals surface area contributed by atoms with E-state index in [9.17, 15) is 0 Å². The predicted octanol–water partition coefficient (Wildman–Crippen LogP) is 3.05. The van der Waals surface area contributed by atoms with Crippen molar-refractivity contribution in [2.75, 3.05) is 24.2 Å². The van der Waals surface area contributed by atoms with Gasteiger partial charge in [0.15, 0.2) is 0 Å². The molecule has 0 radical (unpaired) electrons. The van der Waals surface area contributed by atoms with Crippen molar-refractivity contribution in [3.63, 3.8) is 0 Å². The Morgan fingerprint density at radius 3 is 3.00 bits per heavy atom. The highest BCUT2D eigenvalue weighted by atomic mass is 16.5. The van der Waals surface area contributed by atoms with E-state index < -0.39 is 0 Å². The first-order valence-corrected chi connectivity index (χ1v) is 5.65. The highest BCUT2D eigenvalue weighted by Gasteiger charge is 2.01. The van der Waals surface area contributed by atoms with Crippen molar-refractivity contribution < 1.29 is 4.74 Å². The number of nitrogens with one attached hydrogen (secondary N) is 1. The Kier molecular flexibility index (Phi) is 5.26. The smallest absolute Gasteiger partial charge is 0.144 e. The van der Waals surface area contributed by atoms with Crippen LogP contribution in [0.1, 0.15) is 19.8 Å². The van der Waals surface area contributed by atoms with Crippen LogP contribution in [0.5, 0.6) is 5.75 Å². The highest BCUT2D eigenvalue weighted by molar-refractivity contribution is 5.61. The normalized spacial score (nSPS) is 9.81. The molecule has 1 rings (SSSR count). The van der Waals surface area contributed by atoms with Gasteiger partial charge in [-0.15, -0.1) is 6.58 Å². The maximum Gasteiger partial charge on any atom is 0.144 e. The van der Waals surface area contributed by atoms with E-state index in [4.69, 9.17) is 10.5 Å². The summed E-state index contributed by atoms with van der Waals surface area (Å²) in [6.07, 6.45) is 3.81. The molecule has 0 saturated carbocycles. The number of nitrogens with two attached hydrogens (primary N) is 1. The van der Waals surface area contributed by atoms with Crippen LogP contribution in [0.4, 0.5) is 11.4 Å². The molecule has 0 heterocycles. The third-order valence-corrected chi connectivity index (χ3v) is 2.15. The molecule has 1 aromatic carbocycles. The first-order valence-electron chi connectivity index (χ1n) is 5.65. The first-order chi connectivity index (χ1) is 7.77. The molecule has 0 bridgehead atoms. The van der Waals surface area contributed by atoms with E-state index >= 15 is 0 Å². The van der Waals surface area contributed by atoms with Gasteiger partial charge in [0.2, 0.25) is 0 Å². The van der Waals surface area contributed by atoms with Crippen molar-refractivity contribution in [3.05, 3.63) is 30.9 Å². The number of rotatable bonds is 7. The molecule has 0 atom stereocenters. The molecule has 0 spiro atoms. The number of benzene rings is 1. The monoisotopic (exact) mass is 220 g/mol. The summed E-state index contributed by atoms with van der Waals surface area (Å²) in [6, 6.07) is 5.76. The highest BCUT2D eigenvalue weighted by Crippen LogP contribution is 2.25. The molecule has 0 aliphatic heterocycles. The van der Waals surface area contributed by atoms with Gasteiger partial charge in [0.1, 0.15) is 5.75 Å². The Bertz CT molecular complexity index is 337. The summed E-state index contributed by atoms with van der Waals surface area (Å²) in [6.45, 7) is 7.32. The van der Waals surface area contributed by atoms with Crippen LogP contribution in [0.2, 0.25) is 0 Å². The van der Waals surface area contributed by atoms with Crippen molar-refractivity contribution in [3.8, 4) is 5.75 Å². The third kappa shape index (κ3) is 3.85. The average Bonchev–Trinajstić information content (AvgIpc) is 2.30. The fourth-order valence-corrected chi connectivity index (χ4v) is 1.30. The topological polar surface area (TPSA) is 47.3 Å². The molecule has 0 unspecified atom stereocenters. The van der Waals surface area contributed by atoms with Gasteiger partial charge in [-0.05, 0) is 25.0 Å². The molecule has 0 aromatic heterocycles. The van der Waals surface area contributed by atoms with Crippen LogP contribution in [0.3, 0.4) is 0 Å². The molecular formula is C13H20N2O. The van der Waals surface area contributed by atoms with Gasteiger partial charge in [-0.25, -0.2) is 0 Å². The van der Waals surface area contributed by atoms with E-state index in [-0.39, 0.29) is 0 Å². The van der Waals surface area contributed by atoms with E-state index in [1.807, 2.05) is 24.3 Å². The Morgan fingerprint density at radius 1 is 1.50 bits per heavy atom. The van der Waals surface area contributed by atoms with Gasteiger partial charge in [0.25, 0.3) is 0 Å². The minimum absolute atomic E-state index is 0.683. The van der Waals surface area contributed by atoms with Crippen molar-refractivity contribution >= 4 is 11.4 Å². The molecule has 0 fully saturated rings. The molecule has 3 nitrogen and oxygen atoms in total. The molecule has 0 amide bonds. The lowest BCUT2D eigenvalue weighted by Gasteiger charge is -2.11. The number of hydrogen-bond donors (Lipinski definition) is 2. The van der Waals surface area contributed by atoms with E-state index in [0.717, 1.165) is 30.8 Å². The number of anilines is 2. The van der Waals surface area contributed by atoms with Gasteiger partial charge in [-0.2, -0.15) is 0 Å². The van der Waals surface area contributed by atoms with E-state index in [0.29, 0.717) is 12.3 Å². The molecule has 16 heavy (non-hydrogen) atoms. The molecule has 0 aliphatic rings. The summed E-state index contributed by atoms with van der Waals surface area (Å²) in [7, 11) is 0. The van der Waals surface area contributed by atoms with Crippen molar-refractivity contribution in [1.82, 2.24) is 0 Å². The molecule has 3 heteroatoms. The minimum Gasteiger partial charge on any atom is -0.491 e. The van der Waals surface area contributed by atoms with Crippen LogP contribution in [0.15, 0.2) is 30.9 Å². The summed E-state index contributed by atoms with van der Waals surface area (Å²) in [5.74, 6) is 0.755. The Morgan fingerprint density at radius 2 is 2.31 bits per heavy atom. The second-order valence-electron chi connectivity index (χ2n) is 3.61. The lowest BCUT2D eigenvalue weighted by Crippen LogP contribution is -2.03. The molecule has 1 aromatic rings. The zero-order chi connectivity index (χ0) is 11.8. The van der Waals surface area contributed by atoms with Crippen LogP contribution in [0.25, 0.3) is 0 Å². The van der Waals surface area contributed by atoms with Gasteiger partial charge in [0.05, 0.1) is 12.3 Å². The van der Waals surface area contributed by atoms with Crippen LogP contribution in [-0.4, -0.2) is 13.2 Å². The maximum atomic E-state index is 5.82. The van der Waals surface area contributed by atoms with E-state index in [1.54, 1.807) is 0 Å². The second-order valence-corrected chi connectivity index (χ2v) is 3.61. The summed E-state index contributed by atoms with van der Waals surface area (Å²) < 4.78 is 5.55. The van der Waals surface area contributed by atoms with Crippen molar-refractivity contribution in [2.45, 2.75) is 19.8 Å². The summed E-state index contributed by atoms with van der Waals surface area (Å²) in [5, 5.41) is 3.28. The fraction of sp³-hybridized carbons (Fsp3) is 0.385. The number of hydrogen-bond acceptors (Lipinski definition) is 3. The summed E-state index contributed by atoms with van der Waals surface area (Å²) >= 11 is 0. The lowest BCUT2D eigenvalue weighted by molar-refractivity contribution is 0.319. The lowest BCUT2D eigenvalue weighted by atomic mass is 10.2. The molecule has 0 aliphatic carbocycles. The first kappa shape index (κ1) is 12.4. The molecule has 0 saturated heterocycles. The molecular weight excluding hydrogens is 200 g/mol. The van der Waals surface area contributed by atoms with Gasteiger partial charge in [-0.1, -0.05) is 13.0 Å². The van der Waals surface area contributed by atoms with Crippen LogP contribution < -0.4 is 15.8 Å². The van der Waals surface area contributed by atoms with Gasteiger partial charge in [-0.3, -0.25) is 0 Å². The average molecular weight is 220 g/mol. The largest absolute Gasteiger partial charge is 0.491 e. The SMILES string of the molecule is C=CCCNc1ccc(N)c(OCCC)c1. The molecule has 3 N–H and O–H groups in total. The van der Waals surface area contributed by atoms with E-state index in [1.165, 1.54) is 0 Å². The maximum absolute atomic E-state index is 5.82. The van der Waals surface area contributed by atoms with E-state index in [2.05, 4.69) is 18.8 Å². The zero-order valence-electron chi connectivity index (χ0n) is 9.83. The van der Waals surface area contributed by atoms with Crippen molar-refractivity contribution in [1.29, 1.82) is 0 Å². The van der Waals surface area contributed by atoms with Crippen LogP contribution >= 0.6 is 0 Å². The Labute approximate surface area is 97.3 Å². The van der Waals surface area contributed by atoms with Gasteiger partial charge < -0.3 is 15.8 Å². The Balaban J connectivity index is 2.61. The van der Waals surface area contributed by atoms with Crippen molar-refractivity contribution in [2.24, 2.45) is 0 Å².